The van der Waals surface area contributed by atoms with Crippen LogP contribution >= 0.6 is 0 Å². The summed E-state index contributed by atoms with van der Waals surface area (Å²) in [4.78, 5) is 40.6. The van der Waals surface area contributed by atoms with Crippen molar-refractivity contribution in [1.82, 2.24) is 5.32 Å². The number of nitrogens with one attached hydrogen (secondary N) is 2. The molecule has 1 radical (unpaired) electrons. The second-order valence-electron chi connectivity index (χ2n) is 9.82. The van der Waals surface area contributed by atoms with Gasteiger partial charge >= 0.3 is 0 Å². The average molecular weight is 527 g/mol. The minimum absolute atomic E-state index is 0.0440. The molecule has 2 atom stereocenters. The van der Waals surface area contributed by atoms with Crippen molar-refractivity contribution >= 4 is 29.1 Å². The van der Waals surface area contributed by atoms with E-state index < -0.39 is 12.0 Å². The predicted molar refractivity (Wildman–Crippen MR) is 154 cm³/mol. The van der Waals surface area contributed by atoms with E-state index in [-0.39, 0.29) is 17.7 Å². The molecule has 4 rings (SSSR count). The quantitative estimate of drug-likeness (QED) is 0.330. The van der Waals surface area contributed by atoms with E-state index in [1.807, 2.05) is 87.0 Å². The normalized spacial score (nSPS) is 14.5. The number of para-hydroxylation sites is 1. The smallest absolute Gasteiger partial charge is 0.251 e. The monoisotopic (exact) mass is 526 g/mol. The van der Waals surface area contributed by atoms with E-state index in [1.165, 1.54) is 0 Å². The van der Waals surface area contributed by atoms with Crippen LogP contribution in [0, 0.1) is 12.3 Å². The molecule has 7 nitrogen and oxygen atoms in total. The number of carbonyl (C=O) groups is 3. The second kappa shape index (κ2) is 13.6. The highest BCUT2D eigenvalue weighted by atomic mass is 16.5. The van der Waals surface area contributed by atoms with Crippen molar-refractivity contribution in [3.8, 4) is 5.75 Å². The van der Waals surface area contributed by atoms with Crippen LogP contribution in [0.3, 0.4) is 0 Å². The first kappa shape index (κ1) is 27.9. The zero-order valence-electron chi connectivity index (χ0n) is 22.6. The maximum absolute atomic E-state index is 13.6. The first-order valence-electron chi connectivity index (χ1n) is 13.6. The van der Waals surface area contributed by atoms with Gasteiger partial charge in [-0.05, 0) is 55.5 Å². The van der Waals surface area contributed by atoms with Gasteiger partial charge in [-0.15, -0.1) is 0 Å². The molecule has 0 spiro atoms. The van der Waals surface area contributed by atoms with Gasteiger partial charge in [0.2, 0.25) is 11.8 Å². The Morgan fingerprint density at radius 1 is 1.03 bits per heavy atom. The van der Waals surface area contributed by atoms with Crippen molar-refractivity contribution in [2.45, 2.75) is 45.6 Å². The third-order valence-corrected chi connectivity index (χ3v) is 6.60. The Morgan fingerprint density at radius 3 is 2.41 bits per heavy atom. The Balaban J connectivity index is 1.53. The molecule has 3 aromatic rings. The summed E-state index contributed by atoms with van der Waals surface area (Å²) in [7, 11) is 0. The van der Waals surface area contributed by atoms with Gasteiger partial charge in [0.05, 0.1) is 6.61 Å². The molecule has 1 fully saturated rings. The van der Waals surface area contributed by atoms with E-state index in [9.17, 15) is 14.4 Å². The van der Waals surface area contributed by atoms with Crippen LogP contribution in [-0.2, 0) is 16.0 Å². The maximum atomic E-state index is 13.6. The summed E-state index contributed by atoms with van der Waals surface area (Å²) < 4.78 is 5.86. The molecule has 1 aliphatic heterocycles. The zero-order valence-corrected chi connectivity index (χ0v) is 22.6. The summed E-state index contributed by atoms with van der Waals surface area (Å²) in [5.74, 6) is -0.312. The summed E-state index contributed by atoms with van der Waals surface area (Å²) in [6.45, 7) is 4.96. The van der Waals surface area contributed by atoms with Crippen LogP contribution in [0.4, 0.5) is 11.4 Å². The number of anilines is 2. The summed E-state index contributed by atoms with van der Waals surface area (Å²) in [5.41, 5.74) is 2.83. The highest BCUT2D eigenvalue weighted by Crippen LogP contribution is 2.28. The van der Waals surface area contributed by atoms with Gasteiger partial charge < -0.3 is 20.3 Å². The van der Waals surface area contributed by atoms with Gasteiger partial charge in [0.1, 0.15) is 5.75 Å². The Hall–Kier alpha value is -4.13. The highest BCUT2D eigenvalue weighted by Gasteiger charge is 2.25. The average Bonchev–Trinajstić information content (AvgIpc) is 3.38. The van der Waals surface area contributed by atoms with Crippen LogP contribution in [0.2, 0.25) is 0 Å². The van der Waals surface area contributed by atoms with Crippen molar-refractivity contribution in [3.05, 3.63) is 96.4 Å². The third-order valence-electron chi connectivity index (χ3n) is 6.60. The number of hydrogen-bond donors (Lipinski definition) is 2. The van der Waals surface area contributed by atoms with Gasteiger partial charge in [-0.25, -0.2) is 0 Å². The van der Waals surface area contributed by atoms with Crippen molar-refractivity contribution in [2.24, 2.45) is 5.92 Å². The van der Waals surface area contributed by atoms with Crippen LogP contribution in [0.1, 0.15) is 49.0 Å². The Morgan fingerprint density at radius 2 is 1.74 bits per heavy atom. The highest BCUT2D eigenvalue weighted by molar-refractivity contribution is 6.00. The van der Waals surface area contributed by atoms with Crippen LogP contribution in [0.15, 0.2) is 78.9 Å². The van der Waals surface area contributed by atoms with Crippen molar-refractivity contribution in [3.63, 3.8) is 0 Å². The van der Waals surface area contributed by atoms with Crippen molar-refractivity contribution in [1.29, 1.82) is 0 Å². The van der Waals surface area contributed by atoms with Crippen LogP contribution in [0.5, 0.6) is 5.75 Å². The van der Waals surface area contributed by atoms with E-state index in [0.717, 1.165) is 24.1 Å². The molecule has 3 amide bonds. The van der Waals surface area contributed by atoms with Gasteiger partial charge in [0, 0.05) is 47.9 Å². The van der Waals surface area contributed by atoms with Crippen LogP contribution in [-0.4, -0.2) is 36.9 Å². The number of carbonyl (C=O) groups excluding carboxylic acids is 3. The lowest BCUT2D eigenvalue weighted by Crippen LogP contribution is -2.40. The standard InChI is InChI=1S/C32H36N3O4/c1-3-17-39-29-21-25(20-28(22-29)35-16-10-15-30(35)36)32(38)34-27(19-24-11-6-4-7-12-24)18-23(2)31(37)33-26-13-8-5-9-14-26/h4-9,11-14,18,20-23,27H,3,10,15-17,19H2,1-2H3,(H,33,37)(H,34,38)/t23?,27-/m1/s1. The fraction of sp³-hybridized carbons (Fsp3) is 0.312. The van der Waals surface area contributed by atoms with E-state index in [1.54, 1.807) is 17.0 Å². The molecule has 1 aliphatic rings. The van der Waals surface area contributed by atoms with Crippen LogP contribution < -0.4 is 20.3 Å². The van der Waals surface area contributed by atoms with Gasteiger partial charge in [0.15, 0.2) is 0 Å². The SMILES string of the molecule is CCCOc1cc(C(=O)N[C@H]([CH]C(C)C(=O)Nc2ccccc2)Cc2ccccc2)cc(N2CCCC2=O)c1. The molecule has 0 bridgehead atoms. The molecule has 0 aromatic heterocycles. The van der Waals surface area contributed by atoms with Gasteiger partial charge in [-0.3, -0.25) is 14.4 Å². The van der Waals surface area contributed by atoms with Gasteiger partial charge in [-0.1, -0.05) is 62.4 Å². The molecule has 0 saturated carbocycles. The lowest BCUT2D eigenvalue weighted by atomic mass is 9.95. The third kappa shape index (κ3) is 7.93. The Kier molecular flexibility index (Phi) is 9.73. The molecule has 0 aliphatic carbocycles. The topological polar surface area (TPSA) is 87.7 Å². The summed E-state index contributed by atoms with van der Waals surface area (Å²) in [6.07, 6.45) is 4.51. The molecular formula is C32H36N3O4. The van der Waals surface area contributed by atoms with Crippen LogP contribution in [0.25, 0.3) is 0 Å². The largest absolute Gasteiger partial charge is 0.494 e. The summed E-state index contributed by atoms with van der Waals surface area (Å²) in [5, 5.41) is 6.04. The Labute approximate surface area is 230 Å². The lowest BCUT2D eigenvalue weighted by molar-refractivity contribution is -0.119. The first-order chi connectivity index (χ1) is 18.9. The Bertz CT molecular complexity index is 1260. The number of nitrogens with zero attached hydrogens (tertiary/aromatic N) is 1. The van der Waals surface area contributed by atoms with E-state index >= 15 is 0 Å². The van der Waals surface area contributed by atoms with E-state index in [0.29, 0.717) is 43.0 Å². The molecule has 1 saturated heterocycles. The minimum Gasteiger partial charge on any atom is -0.494 e. The summed E-state index contributed by atoms with van der Waals surface area (Å²) in [6, 6.07) is 24.0. The minimum atomic E-state index is -0.462. The number of ether oxygens (including phenoxy) is 1. The molecule has 1 unspecified atom stereocenters. The zero-order chi connectivity index (χ0) is 27.6. The van der Waals surface area contributed by atoms with Gasteiger partial charge in [0.25, 0.3) is 5.91 Å². The fourth-order valence-corrected chi connectivity index (χ4v) is 4.60. The van der Waals surface area contributed by atoms with Crippen molar-refractivity contribution < 1.29 is 19.1 Å². The maximum Gasteiger partial charge on any atom is 0.251 e. The fourth-order valence-electron chi connectivity index (χ4n) is 4.60. The van der Waals surface area contributed by atoms with Gasteiger partial charge in [-0.2, -0.15) is 0 Å². The number of hydrogen-bond acceptors (Lipinski definition) is 4. The second-order valence-corrected chi connectivity index (χ2v) is 9.82. The predicted octanol–water partition coefficient (Wildman–Crippen LogP) is 5.42. The molecule has 1 heterocycles. The molecule has 3 aromatic carbocycles. The molecule has 7 heteroatoms. The number of rotatable bonds is 12. The number of benzene rings is 3. The summed E-state index contributed by atoms with van der Waals surface area (Å²) >= 11 is 0. The van der Waals surface area contributed by atoms with E-state index in [2.05, 4.69) is 10.6 Å². The van der Waals surface area contributed by atoms with Crippen molar-refractivity contribution in [2.75, 3.05) is 23.4 Å². The molecule has 39 heavy (non-hydrogen) atoms. The lowest BCUT2D eigenvalue weighted by Gasteiger charge is -2.23. The molecule has 203 valence electrons. The molecular weight excluding hydrogens is 490 g/mol. The molecule has 2 N–H and O–H groups in total. The first-order valence-corrected chi connectivity index (χ1v) is 13.6. The number of amides is 3. The van der Waals surface area contributed by atoms with E-state index in [4.69, 9.17) is 4.74 Å².